The topological polar surface area (TPSA) is 90.4 Å². The van der Waals surface area contributed by atoms with E-state index in [1.165, 1.54) is 0 Å². The molecule has 0 spiro atoms. The second-order valence-corrected chi connectivity index (χ2v) is 7.93. The molecule has 0 unspecified atom stereocenters. The Labute approximate surface area is 172 Å². The summed E-state index contributed by atoms with van der Waals surface area (Å²) < 4.78 is 0. The average Bonchev–Trinajstić information content (AvgIpc) is 2.73. The summed E-state index contributed by atoms with van der Waals surface area (Å²) in [7, 11) is 3.93. The lowest BCUT2D eigenvalue weighted by Gasteiger charge is -2.29. The van der Waals surface area contributed by atoms with Crippen LogP contribution >= 0.6 is 0 Å². The van der Waals surface area contributed by atoms with Crippen molar-refractivity contribution in [2.75, 3.05) is 30.9 Å². The van der Waals surface area contributed by atoms with E-state index in [1.807, 2.05) is 37.2 Å². The fourth-order valence-electron chi connectivity index (χ4n) is 3.68. The molecule has 1 aromatic carbocycles. The molecule has 1 aliphatic carbocycles. The van der Waals surface area contributed by atoms with Crippen molar-refractivity contribution in [3.05, 3.63) is 42.1 Å². The molecule has 7 heteroatoms. The number of aromatic hydroxyl groups is 1. The second-order valence-electron chi connectivity index (χ2n) is 7.93. The van der Waals surface area contributed by atoms with Gasteiger partial charge < -0.3 is 20.6 Å². The monoisotopic (exact) mass is 397 g/mol. The van der Waals surface area contributed by atoms with Crippen molar-refractivity contribution in [2.24, 2.45) is 5.92 Å². The van der Waals surface area contributed by atoms with Gasteiger partial charge in [-0.25, -0.2) is 4.98 Å². The van der Waals surface area contributed by atoms with Gasteiger partial charge in [-0.15, -0.1) is 0 Å². The highest BCUT2D eigenvalue weighted by atomic mass is 16.3. The van der Waals surface area contributed by atoms with Crippen molar-refractivity contribution in [1.82, 2.24) is 15.3 Å². The Bertz CT molecular complexity index is 803. The van der Waals surface area contributed by atoms with E-state index in [0.29, 0.717) is 30.7 Å². The van der Waals surface area contributed by atoms with E-state index in [4.69, 9.17) is 0 Å². The summed E-state index contributed by atoms with van der Waals surface area (Å²) in [6.45, 7) is 0.721. The van der Waals surface area contributed by atoms with E-state index in [0.717, 1.165) is 43.6 Å². The summed E-state index contributed by atoms with van der Waals surface area (Å²) in [6.07, 6.45) is 6.98. The first-order chi connectivity index (χ1) is 14.0. The molecule has 2 aromatic rings. The van der Waals surface area contributed by atoms with Gasteiger partial charge in [-0.3, -0.25) is 4.79 Å². The lowest BCUT2D eigenvalue weighted by molar-refractivity contribution is -0.121. The second kappa shape index (κ2) is 10.1. The van der Waals surface area contributed by atoms with E-state index in [-0.39, 0.29) is 11.7 Å². The van der Waals surface area contributed by atoms with Crippen molar-refractivity contribution in [2.45, 2.75) is 44.6 Å². The molecule has 156 valence electrons. The van der Waals surface area contributed by atoms with E-state index in [9.17, 15) is 9.90 Å². The van der Waals surface area contributed by atoms with Gasteiger partial charge in [0.05, 0.1) is 0 Å². The van der Waals surface area contributed by atoms with Crippen LogP contribution in [0.5, 0.6) is 5.75 Å². The van der Waals surface area contributed by atoms with Gasteiger partial charge in [0.25, 0.3) is 0 Å². The molecule has 1 amide bonds. The molecule has 0 atom stereocenters. The summed E-state index contributed by atoms with van der Waals surface area (Å²) in [4.78, 5) is 22.9. The standard InChI is InChI=1S/C22H31N5O2/c1-27(2)20-13-14-23-22(26-20)25-18-10-7-16(8-11-18)15-24-21(29)12-9-17-5-3-4-6-19(17)28/h3-6,13-14,16,18,28H,7-12,15H2,1-2H3,(H,24,29)(H,23,25,26)/t16-,18+. The number of para-hydroxylation sites is 1. The molecular weight excluding hydrogens is 366 g/mol. The number of aromatic nitrogens is 2. The molecule has 0 saturated heterocycles. The average molecular weight is 398 g/mol. The maximum atomic E-state index is 12.1. The molecule has 7 nitrogen and oxygen atoms in total. The third kappa shape index (κ3) is 6.34. The number of benzene rings is 1. The highest BCUT2D eigenvalue weighted by Gasteiger charge is 2.22. The molecular formula is C22H31N5O2. The Kier molecular flexibility index (Phi) is 7.27. The van der Waals surface area contributed by atoms with Gasteiger partial charge in [0.15, 0.2) is 0 Å². The minimum Gasteiger partial charge on any atom is -0.508 e. The van der Waals surface area contributed by atoms with Crippen LogP contribution in [0.15, 0.2) is 36.5 Å². The first kappa shape index (κ1) is 20.9. The number of carbonyl (C=O) groups is 1. The number of nitrogens with zero attached hydrogens (tertiary/aromatic N) is 3. The normalized spacial score (nSPS) is 18.8. The number of phenols is 1. The third-order valence-corrected chi connectivity index (χ3v) is 5.48. The van der Waals surface area contributed by atoms with Gasteiger partial charge in [-0.1, -0.05) is 18.2 Å². The fraction of sp³-hybridized carbons (Fsp3) is 0.500. The SMILES string of the molecule is CN(C)c1ccnc(N[C@H]2CC[C@@H](CNC(=O)CCc3ccccc3O)CC2)n1. The molecule has 1 fully saturated rings. The zero-order chi connectivity index (χ0) is 20.6. The van der Waals surface area contributed by atoms with E-state index >= 15 is 0 Å². The van der Waals surface area contributed by atoms with Gasteiger partial charge in [0.1, 0.15) is 11.6 Å². The van der Waals surface area contributed by atoms with E-state index in [2.05, 4.69) is 20.6 Å². The first-order valence-corrected chi connectivity index (χ1v) is 10.3. The van der Waals surface area contributed by atoms with Crippen molar-refractivity contribution < 1.29 is 9.90 Å². The van der Waals surface area contributed by atoms with Gasteiger partial charge in [0, 0.05) is 39.3 Å². The van der Waals surface area contributed by atoms with Crippen LogP contribution in [0, 0.1) is 5.92 Å². The molecule has 3 N–H and O–H groups in total. The molecule has 3 rings (SSSR count). The lowest BCUT2D eigenvalue weighted by atomic mass is 9.86. The molecule has 1 aliphatic rings. The van der Waals surface area contributed by atoms with Gasteiger partial charge in [0.2, 0.25) is 11.9 Å². The Morgan fingerprint density at radius 3 is 2.66 bits per heavy atom. The van der Waals surface area contributed by atoms with E-state index in [1.54, 1.807) is 18.3 Å². The Hall–Kier alpha value is -2.83. The zero-order valence-corrected chi connectivity index (χ0v) is 17.3. The highest BCUT2D eigenvalue weighted by Crippen LogP contribution is 2.26. The van der Waals surface area contributed by atoms with Gasteiger partial charge in [-0.2, -0.15) is 4.98 Å². The Morgan fingerprint density at radius 1 is 1.17 bits per heavy atom. The summed E-state index contributed by atoms with van der Waals surface area (Å²) in [5.41, 5.74) is 0.815. The molecule has 1 heterocycles. The quantitative estimate of drug-likeness (QED) is 0.634. The number of hydrogen-bond acceptors (Lipinski definition) is 6. The van der Waals surface area contributed by atoms with Crippen molar-refractivity contribution in [3.8, 4) is 5.75 Å². The van der Waals surface area contributed by atoms with Crippen LogP contribution in [0.4, 0.5) is 11.8 Å². The fourth-order valence-corrected chi connectivity index (χ4v) is 3.68. The number of amides is 1. The van der Waals surface area contributed by atoms with Crippen LogP contribution in [0.2, 0.25) is 0 Å². The molecule has 0 bridgehead atoms. The Balaban J connectivity index is 1.36. The predicted molar refractivity (Wildman–Crippen MR) is 115 cm³/mol. The zero-order valence-electron chi connectivity index (χ0n) is 17.3. The van der Waals surface area contributed by atoms with Crippen molar-refractivity contribution in [3.63, 3.8) is 0 Å². The number of anilines is 2. The first-order valence-electron chi connectivity index (χ1n) is 10.3. The number of phenolic OH excluding ortho intramolecular Hbond substituents is 1. The maximum absolute atomic E-state index is 12.1. The third-order valence-electron chi connectivity index (χ3n) is 5.48. The van der Waals surface area contributed by atoms with Crippen LogP contribution < -0.4 is 15.5 Å². The van der Waals surface area contributed by atoms with Crippen LogP contribution in [0.25, 0.3) is 0 Å². The lowest BCUT2D eigenvalue weighted by Crippen LogP contribution is -2.34. The van der Waals surface area contributed by atoms with E-state index < -0.39 is 0 Å². The number of nitrogens with one attached hydrogen (secondary N) is 2. The van der Waals surface area contributed by atoms with Crippen LogP contribution in [0.1, 0.15) is 37.7 Å². The predicted octanol–water partition coefficient (Wildman–Crippen LogP) is 2.97. The van der Waals surface area contributed by atoms with Crippen LogP contribution in [0.3, 0.4) is 0 Å². The Morgan fingerprint density at radius 2 is 1.93 bits per heavy atom. The summed E-state index contributed by atoms with van der Waals surface area (Å²) >= 11 is 0. The number of aryl methyl sites for hydroxylation is 1. The smallest absolute Gasteiger partial charge is 0.224 e. The largest absolute Gasteiger partial charge is 0.508 e. The molecule has 0 aliphatic heterocycles. The van der Waals surface area contributed by atoms with Crippen molar-refractivity contribution in [1.29, 1.82) is 0 Å². The van der Waals surface area contributed by atoms with Gasteiger partial charge >= 0.3 is 0 Å². The minimum atomic E-state index is 0.0439. The number of carbonyl (C=O) groups excluding carboxylic acids is 1. The van der Waals surface area contributed by atoms with Gasteiger partial charge in [-0.05, 0) is 55.7 Å². The number of rotatable bonds is 8. The molecule has 1 aromatic heterocycles. The maximum Gasteiger partial charge on any atom is 0.224 e. The van der Waals surface area contributed by atoms with Crippen molar-refractivity contribution >= 4 is 17.7 Å². The minimum absolute atomic E-state index is 0.0439. The summed E-state index contributed by atoms with van der Waals surface area (Å²) in [6, 6.07) is 9.44. The molecule has 29 heavy (non-hydrogen) atoms. The summed E-state index contributed by atoms with van der Waals surface area (Å²) in [5, 5.41) is 16.3. The van der Waals surface area contributed by atoms with Crippen LogP contribution in [-0.4, -0.2) is 47.7 Å². The number of hydrogen-bond donors (Lipinski definition) is 3. The molecule has 0 radical (unpaired) electrons. The highest BCUT2D eigenvalue weighted by molar-refractivity contribution is 5.76. The summed E-state index contributed by atoms with van der Waals surface area (Å²) in [5.74, 6) is 2.38. The van der Waals surface area contributed by atoms with Crippen LogP contribution in [-0.2, 0) is 11.2 Å². The molecule has 1 saturated carbocycles.